The first-order chi connectivity index (χ1) is 14.4. The third-order valence-electron chi connectivity index (χ3n) is 5.69. The van der Waals surface area contributed by atoms with Crippen molar-refractivity contribution in [3.8, 4) is 5.75 Å². The van der Waals surface area contributed by atoms with Gasteiger partial charge in [0.2, 0.25) is 5.76 Å². The molecular formula is C23H23ClN2O4. The van der Waals surface area contributed by atoms with E-state index in [9.17, 15) is 14.7 Å². The first-order valence-electron chi connectivity index (χ1n) is 10.0. The van der Waals surface area contributed by atoms with Crippen LogP contribution in [-0.2, 0) is 0 Å². The van der Waals surface area contributed by atoms with Crippen molar-refractivity contribution in [3.05, 3.63) is 74.6 Å². The third-order valence-corrected chi connectivity index (χ3v) is 5.92. The van der Waals surface area contributed by atoms with Gasteiger partial charge in [-0.25, -0.2) is 0 Å². The van der Waals surface area contributed by atoms with Gasteiger partial charge in [0.1, 0.15) is 11.3 Å². The third kappa shape index (κ3) is 3.46. The van der Waals surface area contributed by atoms with E-state index >= 15 is 0 Å². The topological polar surface area (TPSA) is 74.0 Å². The fourth-order valence-corrected chi connectivity index (χ4v) is 4.19. The van der Waals surface area contributed by atoms with Gasteiger partial charge in [0.15, 0.2) is 5.43 Å². The Morgan fingerprint density at radius 3 is 2.47 bits per heavy atom. The normalized spacial score (nSPS) is 15.9. The Morgan fingerprint density at radius 2 is 1.80 bits per heavy atom. The number of halogens is 1. The summed E-state index contributed by atoms with van der Waals surface area (Å²) in [6.45, 7) is 7.02. The van der Waals surface area contributed by atoms with Gasteiger partial charge in [0.05, 0.1) is 17.0 Å². The number of amides is 1. The molecule has 1 atom stereocenters. The lowest BCUT2D eigenvalue weighted by Gasteiger charge is -2.28. The summed E-state index contributed by atoms with van der Waals surface area (Å²) in [6, 6.07) is 10.8. The minimum atomic E-state index is -0.580. The molecule has 2 heterocycles. The molecule has 1 aliphatic rings. The van der Waals surface area contributed by atoms with E-state index in [2.05, 4.69) is 18.7 Å². The molecule has 1 amide bonds. The summed E-state index contributed by atoms with van der Waals surface area (Å²) in [4.78, 5) is 30.6. The summed E-state index contributed by atoms with van der Waals surface area (Å²) >= 11 is 6.10. The van der Waals surface area contributed by atoms with Crippen LogP contribution in [0.15, 0.2) is 51.7 Å². The van der Waals surface area contributed by atoms with E-state index in [1.54, 1.807) is 47.4 Å². The van der Waals surface area contributed by atoms with Gasteiger partial charge in [0, 0.05) is 18.1 Å². The van der Waals surface area contributed by atoms with Crippen LogP contribution in [0.1, 0.15) is 41.6 Å². The van der Waals surface area contributed by atoms with Gasteiger partial charge in [-0.1, -0.05) is 37.6 Å². The second-order valence-corrected chi connectivity index (χ2v) is 7.77. The van der Waals surface area contributed by atoms with E-state index in [4.69, 9.17) is 16.0 Å². The zero-order valence-electron chi connectivity index (χ0n) is 16.9. The number of phenols is 1. The maximum Gasteiger partial charge on any atom is 0.290 e. The summed E-state index contributed by atoms with van der Waals surface area (Å²) < 4.78 is 5.90. The van der Waals surface area contributed by atoms with Crippen LogP contribution in [0.3, 0.4) is 0 Å². The highest BCUT2D eigenvalue weighted by molar-refractivity contribution is 6.31. The van der Waals surface area contributed by atoms with E-state index in [1.165, 1.54) is 0 Å². The second-order valence-electron chi connectivity index (χ2n) is 7.33. The molecule has 1 aromatic heterocycles. The lowest BCUT2D eigenvalue weighted by molar-refractivity contribution is 0.0708. The molecule has 4 rings (SSSR count). The van der Waals surface area contributed by atoms with Gasteiger partial charge in [-0.15, -0.1) is 0 Å². The van der Waals surface area contributed by atoms with Crippen LogP contribution in [0.4, 0.5) is 0 Å². The molecule has 0 bridgehead atoms. The molecule has 0 radical (unpaired) electrons. The van der Waals surface area contributed by atoms with E-state index < -0.39 is 6.04 Å². The first kappa shape index (κ1) is 20.4. The molecule has 0 saturated heterocycles. The first-order valence-corrected chi connectivity index (χ1v) is 10.4. The molecule has 30 heavy (non-hydrogen) atoms. The number of benzene rings is 2. The minimum absolute atomic E-state index is 0.0763. The standard InChI is InChI=1S/C23H23ClN2O4/c1-3-25(4-2)11-12-26-20(14-5-8-16(27)9-6-14)19-21(28)17-13-15(24)7-10-18(17)30-22(19)23(26)29/h5-10,13,20,27H,3-4,11-12H2,1-2H3. The van der Waals surface area contributed by atoms with Gasteiger partial charge in [-0.3, -0.25) is 9.59 Å². The van der Waals surface area contributed by atoms with E-state index in [1.807, 2.05) is 0 Å². The van der Waals surface area contributed by atoms with Gasteiger partial charge < -0.3 is 19.3 Å². The molecule has 0 fully saturated rings. The van der Waals surface area contributed by atoms with Crippen molar-refractivity contribution < 1.29 is 14.3 Å². The summed E-state index contributed by atoms with van der Waals surface area (Å²) in [5, 5.41) is 10.5. The number of aromatic hydroxyl groups is 1. The number of likely N-dealkylation sites (N-methyl/N-ethyl adjacent to an activating group) is 1. The molecular weight excluding hydrogens is 404 g/mol. The Morgan fingerprint density at radius 1 is 1.10 bits per heavy atom. The molecule has 156 valence electrons. The predicted molar refractivity (Wildman–Crippen MR) is 116 cm³/mol. The number of hydrogen-bond acceptors (Lipinski definition) is 5. The molecule has 3 aromatic rings. The van der Waals surface area contributed by atoms with Gasteiger partial charge >= 0.3 is 0 Å². The number of phenolic OH excluding ortho intramolecular Hbond substituents is 1. The summed E-state index contributed by atoms with van der Waals surface area (Å²) in [5.74, 6) is -0.105. The Balaban J connectivity index is 1.87. The number of carbonyl (C=O) groups is 1. The molecule has 0 spiro atoms. The summed E-state index contributed by atoms with van der Waals surface area (Å²) in [7, 11) is 0. The zero-order chi connectivity index (χ0) is 21.4. The number of fused-ring (bicyclic) bond motifs is 2. The van der Waals surface area contributed by atoms with E-state index in [0.717, 1.165) is 18.7 Å². The molecule has 1 unspecified atom stereocenters. The van der Waals surface area contributed by atoms with Crippen molar-refractivity contribution in [3.63, 3.8) is 0 Å². The number of nitrogens with zero attached hydrogens (tertiary/aromatic N) is 2. The summed E-state index contributed by atoms with van der Waals surface area (Å²) in [5.41, 5.74) is 1.14. The minimum Gasteiger partial charge on any atom is -0.508 e. The molecule has 1 aliphatic heterocycles. The van der Waals surface area contributed by atoms with Crippen LogP contribution in [0.2, 0.25) is 5.02 Å². The number of hydrogen-bond donors (Lipinski definition) is 1. The Bertz CT molecular complexity index is 1150. The van der Waals surface area contributed by atoms with Crippen molar-refractivity contribution in [1.82, 2.24) is 9.80 Å². The van der Waals surface area contributed by atoms with Gasteiger partial charge in [0.25, 0.3) is 5.91 Å². The quantitative estimate of drug-likeness (QED) is 0.644. The molecule has 0 saturated carbocycles. The average molecular weight is 427 g/mol. The molecule has 0 aliphatic carbocycles. The van der Waals surface area contributed by atoms with Crippen molar-refractivity contribution in [2.75, 3.05) is 26.2 Å². The average Bonchev–Trinajstić information content (AvgIpc) is 3.02. The van der Waals surface area contributed by atoms with Crippen LogP contribution >= 0.6 is 11.6 Å². The Hall–Kier alpha value is -2.83. The van der Waals surface area contributed by atoms with Crippen LogP contribution in [0.25, 0.3) is 11.0 Å². The van der Waals surface area contributed by atoms with E-state index in [0.29, 0.717) is 34.6 Å². The summed E-state index contributed by atoms with van der Waals surface area (Å²) in [6.07, 6.45) is 0. The second kappa shape index (κ2) is 8.13. The Labute approximate surface area is 179 Å². The fraction of sp³-hybridized carbons (Fsp3) is 0.304. The molecule has 2 aromatic carbocycles. The predicted octanol–water partition coefficient (Wildman–Crippen LogP) is 4.04. The highest BCUT2D eigenvalue weighted by Gasteiger charge is 2.42. The zero-order valence-corrected chi connectivity index (χ0v) is 17.6. The number of carbonyl (C=O) groups excluding carboxylic acids is 1. The molecule has 7 heteroatoms. The number of rotatable bonds is 6. The SMILES string of the molecule is CCN(CC)CCN1C(=O)c2oc3ccc(Cl)cc3c(=O)c2C1c1ccc(O)cc1. The van der Waals surface area contributed by atoms with E-state index in [-0.39, 0.29) is 22.8 Å². The Kier molecular flexibility index (Phi) is 5.54. The van der Waals surface area contributed by atoms with Crippen molar-refractivity contribution in [2.45, 2.75) is 19.9 Å². The van der Waals surface area contributed by atoms with Crippen LogP contribution < -0.4 is 5.43 Å². The van der Waals surface area contributed by atoms with Gasteiger partial charge in [-0.05, 0) is 49.0 Å². The lowest BCUT2D eigenvalue weighted by atomic mass is 9.98. The monoisotopic (exact) mass is 426 g/mol. The largest absolute Gasteiger partial charge is 0.508 e. The lowest BCUT2D eigenvalue weighted by Crippen LogP contribution is -2.37. The highest BCUT2D eigenvalue weighted by Crippen LogP contribution is 2.38. The maximum absolute atomic E-state index is 13.4. The highest BCUT2D eigenvalue weighted by atomic mass is 35.5. The van der Waals surface area contributed by atoms with Crippen molar-refractivity contribution >= 4 is 28.5 Å². The maximum atomic E-state index is 13.4. The fourth-order valence-electron chi connectivity index (χ4n) is 4.02. The molecule has 1 N–H and O–H groups in total. The van der Waals surface area contributed by atoms with Crippen LogP contribution in [0, 0.1) is 0 Å². The molecule has 6 nitrogen and oxygen atoms in total. The van der Waals surface area contributed by atoms with Crippen molar-refractivity contribution in [2.24, 2.45) is 0 Å². The van der Waals surface area contributed by atoms with Crippen LogP contribution in [0.5, 0.6) is 5.75 Å². The van der Waals surface area contributed by atoms with Gasteiger partial charge in [-0.2, -0.15) is 0 Å². The smallest absolute Gasteiger partial charge is 0.290 e. The van der Waals surface area contributed by atoms with Crippen LogP contribution in [-0.4, -0.2) is 47.0 Å². The van der Waals surface area contributed by atoms with Crippen molar-refractivity contribution in [1.29, 1.82) is 0 Å².